The number of fused-ring (bicyclic) bond motifs is 4. The van der Waals surface area contributed by atoms with Crippen molar-refractivity contribution in [2.75, 3.05) is 55.7 Å². The maximum absolute atomic E-state index is 13.4. The minimum absolute atomic E-state index is 0.128. The maximum atomic E-state index is 13.4. The van der Waals surface area contributed by atoms with Crippen LogP contribution in [0.2, 0.25) is 5.02 Å². The molecule has 3 aromatic carbocycles. The van der Waals surface area contributed by atoms with E-state index >= 15 is 0 Å². The van der Waals surface area contributed by atoms with Crippen LogP contribution >= 0.6 is 11.6 Å². The molecule has 4 fully saturated rings. The third-order valence-corrected chi connectivity index (χ3v) is 12.8. The zero-order valence-electron chi connectivity index (χ0n) is 34.0. The predicted octanol–water partition coefficient (Wildman–Crippen LogP) is 7.19. The topological polar surface area (TPSA) is 128 Å². The van der Waals surface area contributed by atoms with Crippen LogP contribution in [0, 0.1) is 11.3 Å². The highest BCUT2D eigenvalue weighted by Crippen LogP contribution is 2.49. The number of aromatic nitrogens is 2. The number of anilines is 2. The molecule has 3 atom stereocenters. The van der Waals surface area contributed by atoms with Gasteiger partial charge in [0.1, 0.15) is 24.6 Å². The molecule has 1 saturated carbocycles. The minimum atomic E-state index is -0.532. The van der Waals surface area contributed by atoms with Crippen LogP contribution in [0.25, 0.3) is 10.8 Å². The van der Waals surface area contributed by atoms with Gasteiger partial charge in [0.15, 0.2) is 0 Å². The molecule has 0 N–H and O–H groups in total. The third-order valence-electron chi connectivity index (χ3n) is 12.5. The van der Waals surface area contributed by atoms with Gasteiger partial charge in [0.25, 0.3) is 0 Å². The van der Waals surface area contributed by atoms with Crippen molar-refractivity contribution in [2.24, 2.45) is 0 Å². The second-order valence-corrected chi connectivity index (χ2v) is 18.0. The van der Waals surface area contributed by atoms with Crippen LogP contribution in [-0.4, -0.2) is 112 Å². The summed E-state index contributed by atoms with van der Waals surface area (Å²) in [7, 11) is 0. The van der Waals surface area contributed by atoms with Gasteiger partial charge in [-0.05, 0) is 69.5 Å². The maximum Gasteiger partial charge on any atom is 0.410 e. The van der Waals surface area contributed by atoms with Gasteiger partial charge in [0.05, 0.1) is 41.3 Å². The Hall–Kier alpha value is -5.32. The fraction of sp³-hybridized carbons (Fsp3) is 0.489. The van der Waals surface area contributed by atoms with Gasteiger partial charge in [0.2, 0.25) is 0 Å². The van der Waals surface area contributed by atoms with E-state index < -0.39 is 11.7 Å². The first-order chi connectivity index (χ1) is 28.5. The number of hydrogen-bond donors (Lipinski definition) is 0. The summed E-state index contributed by atoms with van der Waals surface area (Å²) < 4.78 is 18.1. The van der Waals surface area contributed by atoms with E-state index in [0.29, 0.717) is 56.8 Å². The van der Waals surface area contributed by atoms with Crippen molar-refractivity contribution in [2.45, 2.75) is 95.3 Å². The first kappa shape index (κ1) is 39.2. The second-order valence-electron chi connectivity index (χ2n) is 17.6. The molecule has 5 aliphatic rings. The van der Waals surface area contributed by atoms with Gasteiger partial charge in [-0.15, -0.1) is 0 Å². The Labute approximate surface area is 350 Å². The molecule has 2 unspecified atom stereocenters. The van der Waals surface area contributed by atoms with E-state index in [9.17, 15) is 14.9 Å². The number of benzene rings is 3. The Kier molecular flexibility index (Phi) is 10.4. The predicted molar refractivity (Wildman–Crippen MR) is 225 cm³/mol. The molecule has 9 rings (SSSR count). The number of rotatable bonds is 9. The van der Waals surface area contributed by atoms with Crippen molar-refractivity contribution >= 4 is 46.1 Å². The van der Waals surface area contributed by atoms with Crippen molar-refractivity contribution in [3.8, 4) is 12.1 Å². The van der Waals surface area contributed by atoms with Gasteiger partial charge in [-0.1, -0.05) is 66.2 Å². The quantitative estimate of drug-likeness (QED) is 0.170. The SMILES string of the molecule is CC(C)(C)OC(=O)N1CC2CC1CN2C1(COc2nc3c(c(N4CCN(C(=O)OCc5ccccc5)[C@@H](CC#N)C4)n2)CCN(c2cccc4cccc(Cl)c24)C3)CC1. The summed E-state index contributed by atoms with van der Waals surface area (Å²) in [4.78, 5) is 47.3. The van der Waals surface area contributed by atoms with Crippen molar-refractivity contribution in [3.05, 3.63) is 88.6 Å². The van der Waals surface area contributed by atoms with E-state index in [1.807, 2.05) is 68.1 Å². The van der Waals surface area contributed by atoms with Crippen LogP contribution in [0.4, 0.5) is 21.1 Å². The number of piperazine rings is 2. The molecule has 1 aromatic heterocycles. The van der Waals surface area contributed by atoms with Crippen LogP contribution in [-0.2, 0) is 29.0 Å². The molecule has 59 heavy (non-hydrogen) atoms. The second kappa shape index (κ2) is 15.7. The van der Waals surface area contributed by atoms with Gasteiger partial charge < -0.3 is 33.8 Å². The summed E-state index contributed by atoms with van der Waals surface area (Å²) in [5.74, 6) is 0.791. The molecule has 4 aromatic rings. The van der Waals surface area contributed by atoms with Gasteiger partial charge in [-0.3, -0.25) is 4.90 Å². The normalized spacial score (nSPS) is 22.3. The summed E-state index contributed by atoms with van der Waals surface area (Å²) in [6, 6.07) is 24.5. The van der Waals surface area contributed by atoms with E-state index in [4.69, 9.17) is 35.8 Å². The Bertz CT molecular complexity index is 2270. The van der Waals surface area contributed by atoms with Gasteiger partial charge >= 0.3 is 18.2 Å². The Morgan fingerprint density at radius 2 is 1.69 bits per heavy atom. The van der Waals surface area contributed by atoms with Crippen molar-refractivity contribution < 1.29 is 23.8 Å². The average molecular weight is 819 g/mol. The Morgan fingerprint density at radius 1 is 0.898 bits per heavy atom. The summed E-state index contributed by atoms with van der Waals surface area (Å²) in [5, 5.41) is 12.7. The van der Waals surface area contributed by atoms with Gasteiger partial charge in [-0.2, -0.15) is 15.2 Å². The van der Waals surface area contributed by atoms with E-state index in [2.05, 4.69) is 45.0 Å². The molecule has 13 nitrogen and oxygen atoms in total. The monoisotopic (exact) mass is 818 g/mol. The number of likely N-dealkylation sites (tertiary alicyclic amines) is 2. The number of ether oxygens (including phenoxy) is 3. The molecule has 308 valence electrons. The number of hydrogen-bond acceptors (Lipinski definition) is 11. The van der Waals surface area contributed by atoms with E-state index in [-0.39, 0.29) is 42.8 Å². The zero-order chi connectivity index (χ0) is 40.9. The van der Waals surface area contributed by atoms with Crippen molar-refractivity contribution in [3.63, 3.8) is 0 Å². The van der Waals surface area contributed by atoms with Gasteiger partial charge in [0, 0.05) is 68.0 Å². The van der Waals surface area contributed by atoms with E-state index in [0.717, 1.165) is 71.5 Å². The summed E-state index contributed by atoms with van der Waals surface area (Å²) in [6.45, 7) is 10.4. The fourth-order valence-electron chi connectivity index (χ4n) is 9.48. The van der Waals surface area contributed by atoms with Crippen LogP contribution < -0.4 is 14.5 Å². The molecular formula is C45H51ClN8O5. The molecule has 14 heteroatoms. The number of carbonyl (C=O) groups is 2. The molecule has 4 aliphatic heterocycles. The van der Waals surface area contributed by atoms with Crippen molar-refractivity contribution in [1.29, 1.82) is 5.26 Å². The van der Waals surface area contributed by atoms with E-state index in [1.165, 1.54) is 0 Å². The summed E-state index contributed by atoms with van der Waals surface area (Å²) >= 11 is 6.81. The van der Waals surface area contributed by atoms with Crippen molar-refractivity contribution in [1.82, 2.24) is 24.7 Å². The lowest BCUT2D eigenvalue weighted by Crippen LogP contribution is -2.56. The molecule has 0 spiro atoms. The first-order valence-corrected chi connectivity index (χ1v) is 21.2. The largest absolute Gasteiger partial charge is 0.461 e. The highest BCUT2D eigenvalue weighted by atomic mass is 35.5. The van der Waals surface area contributed by atoms with Crippen LogP contribution in [0.3, 0.4) is 0 Å². The highest BCUT2D eigenvalue weighted by Gasteiger charge is 2.58. The number of carbonyl (C=O) groups excluding carboxylic acids is 2. The molecule has 2 amide bonds. The molecule has 2 bridgehead atoms. The summed E-state index contributed by atoms with van der Waals surface area (Å²) in [6.07, 6.45) is 3.15. The van der Waals surface area contributed by atoms with Crippen LogP contribution in [0.5, 0.6) is 6.01 Å². The lowest BCUT2D eigenvalue weighted by Gasteiger charge is -2.42. The lowest BCUT2D eigenvalue weighted by molar-refractivity contribution is 0.00312. The Morgan fingerprint density at radius 3 is 2.42 bits per heavy atom. The average Bonchev–Trinajstić information content (AvgIpc) is 3.73. The Balaban J connectivity index is 0.963. The number of halogens is 1. The molecule has 3 saturated heterocycles. The first-order valence-electron chi connectivity index (χ1n) is 20.8. The summed E-state index contributed by atoms with van der Waals surface area (Å²) in [5.41, 5.74) is 3.24. The number of nitriles is 1. The lowest BCUT2D eigenvalue weighted by atomic mass is 10.0. The van der Waals surface area contributed by atoms with Gasteiger partial charge in [-0.25, -0.2) is 9.59 Å². The number of amides is 2. The van der Waals surface area contributed by atoms with Crippen LogP contribution in [0.15, 0.2) is 66.7 Å². The molecule has 5 heterocycles. The number of nitrogens with zero attached hydrogens (tertiary/aromatic N) is 8. The zero-order valence-corrected chi connectivity index (χ0v) is 34.7. The molecule has 1 aliphatic carbocycles. The fourth-order valence-corrected chi connectivity index (χ4v) is 9.76. The van der Waals surface area contributed by atoms with Crippen LogP contribution in [0.1, 0.15) is 63.3 Å². The van der Waals surface area contributed by atoms with E-state index in [1.54, 1.807) is 4.90 Å². The smallest absolute Gasteiger partial charge is 0.410 e. The third kappa shape index (κ3) is 7.92. The molecular weight excluding hydrogens is 768 g/mol. The highest BCUT2D eigenvalue weighted by molar-refractivity contribution is 6.36. The minimum Gasteiger partial charge on any atom is -0.461 e. The standard InChI is InChI=1S/C45H51ClN8O5/c1-44(2,3)59-43(56)53-25-34-23-33(53)26-54(34)45(17-18-45)29-58-41-48-37-27-50(38-14-8-12-31-11-7-13-36(46)39(31)38)20-16-35(37)40(49-41)51-21-22-52(32(24-51)15-19-47)42(55)57-28-30-9-5-4-6-10-30/h4-14,32-34H,15-18,20-29H2,1-3H3/t32-,33?,34?/m0/s1. The molecule has 0 radical (unpaired) electrons.